The largest absolute Gasteiger partial charge is 0.507 e. The van der Waals surface area contributed by atoms with Crippen LogP contribution >= 0.6 is 0 Å². The lowest BCUT2D eigenvalue weighted by Gasteiger charge is -2.66. The molecule has 8 atom stereocenters. The maximum absolute atomic E-state index is 14.6. The van der Waals surface area contributed by atoms with Crippen molar-refractivity contribution in [2.75, 3.05) is 0 Å². The second kappa shape index (κ2) is 8.77. The average Bonchev–Trinajstić information content (AvgIpc) is 2.89. The van der Waals surface area contributed by atoms with Gasteiger partial charge in [-0.1, -0.05) is 84.0 Å². The Morgan fingerprint density at radius 1 is 0.925 bits per heavy atom. The van der Waals surface area contributed by atoms with E-state index in [9.17, 15) is 34.2 Å². The summed E-state index contributed by atoms with van der Waals surface area (Å²) in [6, 6.07) is 12.6. The molecule has 0 heterocycles. The third-order valence-corrected chi connectivity index (χ3v) is 11.0. The number of rotatable bonds is 3. The van der Waals surface area contributed by atoms with Crippen molar-refractivity contribution in [3.63, 3.8) is 0 Å². The van der Waals surface area contributed by atoms with Crippen molar-refractivity contribution < 1.29 is 34.2 Å². The first-order valence-electron chi connectivity index (χ1n) is 13.9. The van der Waals surface area contributed by atoms with E-state index in [-0.39, 0.29) is 11.3 Å². The fourth-order valence-electron chi connectivity index (χ4n) is 8.65. The minimum Gasteiger partial charge on any atom is -0.507 e. The third-order valence-electron chi connectivity index (χ3n) is 11.0. The predicted octanol–water partition coefficient (Wildman–Crippen LogP) is 4.57. The fourth-order valence-corrected chi connectivity index (χ4v) is 8.65. The molecule has 7 heteroatoms. The highest BCUT2D eigenvalue weighted by atomic mass is 16.3. The molecule has 2 N–H and O–H groups in total. The monoisotopic (exact) mass is 544 g/mol. The van der Waals surface area contributed by atoms with Gasteiger partial charge in [0.05, 0.1) is 11.5 Å². The van der Waals surface area contributed by atoms with E-state index >= 15 is 0 Å². The number of Topliss-reactive ketones (excluding diaryl/α,β-unsaturated/α-hetero) is 5. The number of carbonyl (C=O) groups excluding carboxylic acids is 5. The Bertz CT molecular complexity index is 1490. The van der Waals surface area contributed by atoms with Gasteiger partial charge in [-0.3, -0.25) is 24.0 Å². The highest BCUT2D eigenvalue weighted by molar-refractivity contribution is 6.32. The number of hydrogen-bond donors (Lipinski definition) is 2. The van der Waals surface area contributed by atoms with Crippen LogP contribution in [0.3, 0.4) is 0 Å². The number of carbonyl (C=O) groups is 5. The first-order valence-corrected chi connectivity index (χ1v) is 13.9. The number of ketones is 5. The Morgan fingerprint density at radius 3 is 2.08 bits per heavy atom. The van der Waals surface area contributed by atoms with Crippen LogP contribution in [-0.2, 0) is 19.2 Å². The summed E-state index contributed by atoms with van der Waals surface area (Å²) < 4.78 is 0. The Balaban J connectivity index is 1.79. The van der Waals surface area contributed by atoms with Gasteiger partial charge in [0.1, 0.15) is 17.5 Å². The summed E-state index contributed by atoms with van der Waals surface area (Å²) >= 11 is 0. The van der Waals surface area contributed by atoms with Gasteiger partial charge in [0.25, 0.3) is 0 Å². The van der Waals surface area contributed by atoms with Crippen molar-refractivity contribution in [3.05, 3.63) is 53.6 Å². The zero-order valence-electron chi connectivity index (χ0n) is 23.9. The van der Waals surface area contributed by atoms with Crippen LogP contribution in [0.5, 0.6) is 5.75 Å². The Labute approximate surface area is 234 Å². The molecule has 2 saturated carbocycles. The third kappa shape index (κ3) is 3.07. The summed E-state index contributed by atoms with van der Waals surface area (Å²) in [6.45, 7) is 11.7. The van der Waals surface area contributed by atoms with Crippen molar-refractivity contribution in [2.45, 2.75) is 60.0 Å². The molecule has 0 aliphatic heterocycles. The molecule has 5 rings (SSSR count). The Kier molecular flexibility index (Phi) is 6.16. The van der Waals surface area contributed by atoms with Gasteiger partial charge in [0.15, 0.2) is 28.7 Å². The van der Waals surface area contributed by atoms with E-state index < -0.39 is 80.9 Å². The van der Waals surface area contributed by atoms with Crippen LogP contribution in [0.2, 0.25) is 0 Å². The molecule has 3 aliphatic carbocycles. The first kappa shape index (κ1) is 28.1. The van der Waals surface area contributed by atoms with Crippen LogP contribution in [0, 0.1) is 40.4 Å². The number of aromatic hydroxyl groups is 1. The molecule has 3 aliphatic rings. The SMILES string of the molecule is CC(=O)C1C(=O)C(C(C)C)[C@@]2(C)[C@H](C)[C@]3(C)C(C(=O)c4c(ccc(-c5ccccc5)c4O)[C@H]3C)C(=O)[C@@]2(O)C1=O. The number of aliphatic hydroxyl groups is 1. The van der Waals surface area contributed by atoms with Crippen LogP contribution in [0.25, 0.3) is 11.1 Å². The highest BCUT2D eigenvalue weighted by Crippen LogP contribution is 2.69. The van der Waals surface area contributed by atoms with Gasteiger partial charge in [0, 0.05) is 16.9 Å². The number of benzene rings is 2. The number of phenols is 1. The summed E-state index contributed by atoms with van der Waals surface area (Å²) in [7, 11) is 0. The van der Waals surface area contributed by atoms with Gasteiger partial charge in [-0.25, -0.2) is 0 Å². The molecular weight excluding hydrogens is 508 g/mol. The van der Waals surface area contributed by atoms with Crippen molar-refractivity contribution in [1.82, 2.24) is 0 Å². The minimum absolute atomic E-state index is 0.00643. The lowest BCUT2D eigenvalue weighted by atomic mass is 9.35. The lowest BCUT2D eigenvalue weighted by molar-refractivity contribution is -0.222. The van der Waals surface area contributed by atoms with E-state index in [1.54, 1.807) is 52.0 Å². The molecule has 2 fully saturated rings. The Hall–Kier alpha value is -3.45. The molecule has 2 aromatic carbocycles. The first-order chi connectivity index (χ1) is 18.6. The van der Waals surface area contributed by atoms with Crippen molar-refractivity contribution in [2.24, 2.45) is 40.4 Å². The normalized spacial score (nSPS) is 37.2. The van der Waals surface area contributed by atoms with E-state index in [4.69, 9.17) is 0 Å². The molecule has 0 saturated heterocycles. The molecular formula is C33H36O7. The molecule has 210 valence electrons. The molecule has 0 bridgehead atoms. The van der Waals surface area contributed by atoms with Crippen LogP contribution in [0.4, 0.5) is 0 Å². The van der Waals surface area contributed by atoms with E-state index in [1.165, 1.54) is 0 Å². The maximum Gasteiger partial charge on any atom is 0.190 e. The quantitative estimate of drug-likeness (QED) is 0.542. The van der Waals surface area contributed by atoms with E-state index in [2.05, 4.69) is 0 Å². The van der Waals surface area contributed by atoms with Gasteiger partial charge >= 0.3 is 0 Å². The zero-order valence-corrected chi connectivity index (χ0v) is 23.9. The van der Waals surface area contributed by atoms with Crippen LogP contribution < -0.4 is 0 Å². The molecule has 2 aromatic rings. The molecule has 7 nitrogen and oxygen atoms in total. The van der Waals surface area contributed by atoms with Gasteiger partial charge in [0.2, 0.25) is 0 Å². The fraction of sp³-hybridized carbons (Fsp3) is 0.485. The topological polar surface area (TPSA) is 126 Å². The molecule has 3 unspecified atom stereocenters. The number of hydrogen-bond acceptors (Lipinski definition) is 7. The standard InChI is InChI=1S/C33H36O7/c1-15(2)24-27(36)22(17(4)34)29(38)33(40)30(39)25-28(37)23-20(16(3)31(25,6)18(5)32(24,33)7)13-14-21(26(23)35)19-11-9-8-10-12-19/h8-16,18,22,24-25,35,40H,1-7H3/t16-,18-,22?,24?,25?,31-,32-,33+/m1/s1. The maximum atomic E-state index is 14.6. The minimum atomic E-state index is -2.73. The summed E-state index contributed by atoms with van der Waals surface area (Å²) in [5.41, 5.74) is -3.69. The van der Waals surface area contributed by atoms with Crippen molar-refractivity contribution in [3.8, 4) is 16.9 Å². The van der Waals surface area contributed by atoms with Gasteiger partial charge < -0.3 is 10.2 Å². The summed E-state index contributed by atoms with van der Waals surface area (Å²) in [4.78, 5) is 69.1. The molecule has 0 aromatic heterocycles. The lowest BCUT2D eigenvalue weighted by Crippen LogP contribution is -2.79. The van der Waals surface area contributed by atoms with E-state index in [0.29, 0.717) is 16.7 Å². The molecule has 0 spiro atoms. The molecule has 0 amide bonds. The molecule has 40 heavy (non-hydrogen) atoms. The van der Waals surface area contributed by atoms with Crippen molar-refractivity contribution in [1.29, 1.82) is 0 Å². The zero-order chi connectivity index (χ0) is 29.7. The average molecular weight is 545 g/mol. The smallest absolute Gasteiger partial charge is 0.190 e. The van der Waals surface area contributed by atoms with Crippen LogP contribution in [0.1, 0.15) is 70.3 Å². The summed E-state index contributed by atoms with van der Waals surface area (Å²) in [6.07, 6.45) is 0. The second-order valence-electron chi connectivity index (χ2n) is 12.8. The Morgan fingerprint density at radius 2 is 1.52 bits per heavy atom. The van der Waals surface area contributed by atoms with E-state index in [0.717, 1.165) is 6.92 Å². The van der Waals surface area contributed by atoms with Crippen LogP contribution in [0.15, 0.2) is 42.5 Å². The number of phenolic OH excluding ortho intramolecular Hbond substituents is 1. The second-order valence-corrected chi connectivity index (χ2v) is 12.8. The van der Waals surface area contributed by atoms with Crippen LogP contribution in [-0.4, -0.2) is 44.7 Å². The predicted molar refractivity (Wildman–Crippen MR) is 148 cm³/mol. The summed E-state index contributed by atoms with van der Waals surface area (Å²) in [5.74, 6) is -10.1. The van der Waals surface area contributed by atoms with Crippen molar-refractivity contribution >= 4 is 28.9 Å². The van der Waals surface area contributed by atoms with Gasteiger partial charge in [-0.05, 0) is 41.2 Å². The highest BCUT2D eigenvalue weighted by Gasteiger charge is 2.79. The number of fused-ring (bicyclic) bond motifs is 3. The van der Waals surface area contributed by atoms with E-state index in [1.807, 2.05) is 32.0 Å². The summed E-state index contributed by atoms with van der Waals surface area (Å²) in [5, 5.41) is 23.7. The molecule has 0 radical (unpaired) electrons. The van der Waals surface area contributed by atoms with Gasteiger partial charge in [-0.15, -0.1) is 0 Å². The van der Waals surface area contributed by atoms with Gasteiger partial charge in [-0.2, -0.15) is 0 Å².